The summed E-state index contributed by atoms with van der Waals surface area (Å²) in [6.07, 6.45) is 12.7. The van der Waals surface area contributed by atoms with Crippen molar-refractivity contribution < 1.29 is 19.1 Å². The molecule has 3 aromatic rings. The van der Waals surface area contributed by atoms with Crippen LogP contribution < -0.4 is 15.4 Å². The number of ether oxygens (including phenoxy) is 1. The molecule has 1 aliphatic heterocycles. The maximum absolute atomic E-state index is 13.9. The largest absolute Gasteiger partial charge is 0.492 e. The molecule has 8 nitrogen and oxygen atoms in total. The third-order valence-electron chi connectivity index (χ3n) is 10.5. The van der Waals surface area contributed by atoms with Crippen molar-refractivity contribution in [1.29, 1.82) is 0 Å². The number of hydrogen-bond acceptors (Lipinski definition) is 5. The van der Waals surface area contributed by atoms with E-state index in [1.165, 1.54) is 17.6 Å². The molecule has 2 N–H and O–H groups in total. The van der Waals surface area contributed by atoms with Crippen LogP contribution in [0, 0.1) is 5.92 Å². The first kappa shape index (κ1) is 36.4. The number of carbonyl (C=O) groups excluding carboxylic acids is 3. The lowest BCUT2D eigenvalue weighted by Gasteiger charge is -2.24. The smallest absolute Gasteiger partial charge is 0.272 e. The summed E-state index contributed by atoms with van der Waals surface area (Å²) in [6, 6.07) is 12.2. The zero-order valence-corrected chi connectivity index (χ0v) is 30.7. The fourth-order valence-corrected chi connectivity index (χ4v) is 7.65. The number of nitrogens with zero attached hydrogens (tertiary/aromatic N) is 2. The van der Waals surface area contributed by atoms with Crippen molar-refractivity contribution in [2.45, 2.75) is 110 Å². The van der Waals surface area contributed by atoms with Gasteiger partial charge in [0.25, 0.3) is 5.91 Å². The Bertz CT molecular complexity index is 1710. The first-order valence-corrected chi connectivity index (χ1v) is 18.2. The highest BCUT2D eigenvalue weighted by Crippen LogP contribution is 2.39. The number of likely N-dealkylation sites (N-methyl/N-ethyl adjacent to an activating group) is 1. The summed E-state index contributed by atoms with van der Waals surface area (Å²) in [7, 11) is 5.58. The van der Waals surface area contributed by atoms with Gasteiger partial charge < -0.3 is 19.9 Å². The van der Waals surface area contributed by atoms with Crippen LogP contribution in [0.3, 0.4) is 0 Å². The lowest BCUT2D eigenvalue weighted by Crippen LogP contribution is -2.31. The molecule has 49 heavy (non-hydrogen) atoms. The van der Waals surface area contributed by atoms with Crippen LogP contribution in [-0.2, 0) is 28.5 Å². The Hall–Kier alpha value is -3.91. The first-order chi connectivity index (χ1) is 23.4. The van der Waals surface area contributed by atoms with Gasteiger partial charge in [0, 0.05) is 18.9 Å². The monoisotopic (exact) mass is 668 g/mol. The summed E-state index contributed by atoms with van der Waals surface area (Å²) in [4.78, 5) is 41.6. The van der Waals surface area contributed by atoms with Crippen molar-refractivity contribution in [2.75, 3.05) is 31.3 Å². The topological polar surface area (TPSA) is 92.7 Å². The standard InChI is InChI=1S/C41H56N4O4/c1-8-12-37(47)42-32-25-31(41(2,3)4)26-33(39(32)49-7)43-40(48)35-24-30-16-10-15-29(38(30)45(35)6)21-20-27-13-9-14-28(19-18-27)23-36(46)34-17-11-22-44(34)5/h10,15-16,23-27,34H,8-9,11-14,17-22H2,1-7H3,(H,42,47)(H,43,48). The minimum atomic E-state index is -0.235. The van der Waals surface area contributed by atoms with E-state index < -0.39 is 0 Å². The zero-order chi connectivity index (χ0) is 35.3. The van der Waals surface area contributed by atoms with Crippen LogP contribution in [0.4, 0.5) is 11.4 Å². The van der Waals surface area contributed by atoms with Gasteiger partial charge in [-0.2, -0.15) is 0 Å². The number of likely N-dealkylation sites (tertiary alicyclic amines) is 1. The number of benzene rings is 2. The molecule has 1 aliphatic carbocycles. The number of nitrogens with one attached hydrogen (secondary N) is 2. The number of carbonyl (C=O) groups is 3. The van der Waals surface area contributed by atoms with Gasteiger partial charge in [-0.1, -0.05) is 57.9 Å². The van der Waals surface area contributed by atoms with Crippen molar-refractivity contribution in [2.24, 2.45) is 13.0 Å². The molecule has 8 heteroatoms. The minimum Gasteiger partial charge on any atom is -0.492 e. The van der Waals surface area contributed by atoms with E-state index in [2.05, 4.69) is 61.6 Å². The van der Waals surface area contributed by atoms with Crippen molar-refractivity contribution in [3.05, 3.63) is 64.9 Å². The lowest BCUT2D eigenvalue weighted by atomic mass is 9.86. The second kappa shape index (κ2) is 15.8. The molecule has 2 aliphatic rings. The molecular weight excluding hydrogens is 612 g/mol. The minimum absolute atomic E-state index is 0.0654. The molecule has 2 amide bonds. The van der Waals surface area contributed by atoms with E-state index >= 15 is 0 Å². The Morgan fingerprint density at radius 3 is 2.41 bits per heavy atom. The van der Waals surface area contributed by atoms with Gasteiger partial charge in [-0.05, 0) is 118 Å². The number of ketones is 1. The van der Waals surface area contributed by atoms with Crippen LogP contribution in [0.15, 0.2) is 48.0 Å². The second-order valence-electron chi connectivity index (χ2n) is 15.2. The average molecular weight is 669 g/mol. The van der Waals surface area contributed by atoms with Crippen LogP contribution in [0.2, 0.25) is 0 Å². The maximum Gasteiger partial charge on any atom is 0.272 e. The highest BCUT2D eigenvalue weighted by Gasteiger charge is 2.27. The fourth-order valence-electron chi connectivity index (χ4n) is 7.65. The van der Waals surface area contributed by atoms with E-state index in [4.69, 9.17) is 4.74 Å². The Labute approximate surface area is 292 Å². The Morgan fingerprint density at radius 2 is 1.73 bits per heavy atom. The third kappa shape index (κ3) is 8.64. The van der Waals surface area contributed by atoms with Crippen molar-refractivity contribution >= 4 is 39.9 Å². The van der Waals surface area contributed by atoms with Crippen LogP contribution in [0.1, 0.15) is 114 Å². The lowest BCUT2D eigenvalue weighted by molar-refractivity contribution is -0.118. The van der Waals surface area contributed by atoms with E-state index in [1.54, 1.807) is 7.11 Å². The van der Waals surface area contributed by atoms with Gasteiger partial charge in [0.2, 0.25) is 5.91 Å². The van der Waals surface area contributed by atoms with E-state index in [-0.39, 0.29) is 23.3 Å². The number of para-hydroxylation sites is 1. The molecule has 1 aromatic heterocycles. The van der Waals surface area contributed by atoms with Gasteiger partial charge in [0.15, 0.2) is 11.5 Å². The molecule has 264 valence electrons. The summed E-state index contributed by atoms with van der Waals surface area (Å²) in [6.45, 7) is 9.29. The molecular formula is C41H56N4O4. The number of aryl methyl sites for hydroxylation is 2. The maximum atomic E-state index is 13.9. The van der Waals surface area contributed by atoms with Crippen LogP contribution in [0.5, 0.6) is 5.75 Å². The van der Waals surface area contributed by atoms with Gasteiger partial charge in [0.1, 0.15) is 5.69 Å². The van der Waals surface area contributed by atoms with E-state index in [0.717, 1.165) is 80.8 Å². The number of aromatic nitrogens is 1. The second-order valence-corrected chi connectivity index (χ2v) is 15.2. The van der Waals surface area contributed by atoms with Gasteiger partial charge in [-0.3, -0.25) is 19.3 Å². The normalized spacial score (nSPS) is 19.6. The quantitative estimate of drug-likeness (QED) is 0.158. The molecule has 1 saturated heterocycles. The Kier molecular flexibility index (Phi) is 11.7. The molecule has 2 aromatic carbocycles. The van der Waals surface area contributed by atoms with E-state index in [9.17, 15) is 14.4 Å². The summed E-state index contributed by atoms with van der Waals surface area (Å²) >= 11 is 0. The van der Waals surface area contributed by atoms with E-state index in [0.29, 0.717) is 40.9 Å². The van der Waals surface area contributed by atoms with Gasteiger partial charge in [-0.15, -0.1) is 0 Å². The molecule has 0 radical (unpaired) electrons. The summed E-state index contributed by atoms with van der Waals surface area (Å²) in [5.74, 6) is 1.02. The summed E-state index contributed by atoms with van der Waals surface area (Å²) in [5.41, 5.74) is 6.04. The zero-order valence-electron chi connectivity index (χ0n) is 30.7. The number of rotatable bonds is 11. The number of anilines is 2. The fraction of sp³-hybridized carbons (Fsp3) is 0.537. The van der Waals surface area contributed by atoms with Gasteiger partial charge in [-0.25, -0.2) is 0 Å². The molecule has 5 rings (SSSR count). The molecule has 2 atom stereocenters. The number of amides is 2. The number of fused-ring (bicyclic) bond motifs is 1. The van der Waals surface area contributed by atoms with Crippen molar-refractivity contribution in [1.82, 2.24) is 9.47 Å². The Morgan fingerprint density at radius 1 is 0.980 bits per heavy atom. The molecule has 0 spiro atoms. The summed E-state index contributed by atoms with van der Waals surface area (Å²) < 4.78 is 7.76. The highest BCUT2D eigenvalue weighted by atomic mass is 16.5. The van der Waals surface area contributed by atoms with Crippen LogP contribution in [-0.4, -0.2) is 53.8 Å². The first-order valence-electron chi connectivity index (χ1n) is 18.2. The number of allylic oxidation sites excluding steroid dienone is 1. The Balaban J connectivity index is 1.31. The average Bonchev–Trinajstić information content (AvgIpc) is 3.56. The summed E-state index contributed by atoms with van der Waals surface area (Å²) in [5, 5.41) is 7.15. The molecule has 2 fully saturated rings. The number of hydrogen-bond donors (Lipinski definition) is 2. The van der Waals surface area contributed by atoms with Gasteiger partial charge >= 0.3 is 0 Å². The highest BCUT2D eigenvalue weighted by molar-refractivity contribution is 6.08. The van der Waals surface area contributed by atoms with Crippen LogP contribution in [0.25, 0.3) is 10.9 Å². The molecule has 1 saturated carbocycles. The van der Waals surface area contributed by atoms with Crippen LogP contribution >= 0.6 is 0 Å². The van der Waals surface area contributed by atoms with E-state index in [1.807, 2.05) is 42.8 Å². The molecule has 2 heterocycles. The molecule has 0 bridgehead atoms. The third-order valence-corrected chi connectivity index (χ3v) is 10.5. The van der Waals surface area contributed by atoms with Gasteiger partial charge in [0.05, 0.1) is 30.0 Å². The van der Waals surface area contributed by atoms with Crippen molar-refractivity contribution in [3.63, 3.8) is 0 Å². The van der Waals surface area contributed by atoms with Crippen molar-refractivity contribution in [3.8, 4) is 5.75 Å². The predicted octanol–water partition coefficient (Wildman–Crippen LogP) is 8.58. The molecule has 2 unspecified atom stereocenters. The predicted molar refractivity (Wildman–Crippen MR) is 200 cm³/mol. The SMILES string of the molecule is CCCC(=O)Nc1cc(C(C)(C)C)cc(NC(=O)c2cc3cccc(CCC4CCCC(=CC(=O)C5CCCN5C)CC4)c3n2C)c1OC. The number of methoxy groups -OCH3 is 1.